The molecule has 0 heterocycles. The molecule has 1 N–H and O–H groups in total. The summed E-state index contributed by atoms with van der Waals surface area (Å²) in [5.41, 5.74) is 4.02. The predicted molar refractivity (Wildman–Crippen MR) is 170 cm³/mol. The van der Waals surface area contributed by atoms with Gasteiger partial charge in [-0.3, -0.25) is 0 Å². The lowest BCUT2D eigenvalue weighted by Crippen LogP contribution is -2.62. The largest absolute Gasteiger partial charge is 0.411 e. The first-order chi connectivity index (χ1) is 17.5. The van der Waals surface area contributed by atoms with Gasteiger partial charge in [0.2, 0.25) is 18.3 Å². The molecule has 2 rings (SSSR count). The fourth-order valence-corrected chi connectivity index (χ4v) is 23.1. The highest BCUT2D eigenvalue weighted by atomic mass is 32.2. The lowest BCUT2D eigenvalue weighted by molar-refractivity contribution is 0.136. The Morgan fingerprint density at radius 2 is 1.21 bits per heavy atom. The summed E-state index contributed by atoms with van der Waals surface area (Å²) in [6, 6.07) is 6.94. The molecular formula is C31H57NO3SSi2. The zero-order valence-electron chi connectivity index (χ0n) is 26.5. The zero-order chi connectivity index (χ0) is 29.2. The van der Waals surface area contributed by atoms with Gasteiger partial charge in [-0.25, -0.2) is 13.1 Å². The van der Waals surface area contributed by atoms with Gasteiger partial charge in [-0.2, -0.15) is 0 Å². The van der Waals surface area contributed by atoms with E-state index in [0.29, 0.717) is 38.1 Å². The van der Waals surface area contributed by atoms with Crippen molar-refractivity contribution in [1.82, 2.24) is 4.72 Å². The van der Waals surface area contributed by atoms with Gasteiger partial charge in [-0.05, 0) is 47.6 Å². The molecule has 1 aliphatic rings. The van der Waals surface area contributed by atoms with Gasteiger partial charge in [-0.15, -0.1) is 0 Å². The SMILES string of the molecule is Cc1ccc(S(=O)(=O)N[C@H]2[C@@H](O[Si](C(C)C)(C(C)C)C(C)C)CC=C[C@@H]2[Si](C(C)C)(C(C)C)C(C)C)cc1. The summed E-state index contributed by atoms with van der Waals surface area (Å²) in [4.78, 5) is 0.334. The van der Waals surface area contributed by atoms with E-state index in [1.807, 2.05) is 19.1 Å². The van der Waals surface area contributed by atoms with Crippen LogP contribution in [0.3, 0.4) is 0 Å². The van der Waals surface area contributed by atoms with Crippen LogP contribution in [0.1, 0.15) is 95.1 Å². The molecule has 0 aliphatic heterocycles. The highest BCUT2D eigenvalue weighted by Gasteiger charge is 2.55. The Balaban J connectivity index is 2.76. The second kappa shape index (κ2) is 12.8. The minimum Gasteiger partial charge on any atom is -0.411 e. The molecule has 7 heteroatoms. The molecule has 1 aliphatic carbocycles. The van der Waals surface area contributed by atoms with Gasteiger partial charge < -0.3 is 4.43 Å². The summed E-state index contributed by atoms with van der Waals surface area (Å²) < 4.78 is 38.6. The van der Waals surface area contributed by atoms with Crippen LogP contribution in [0, 0.1) is 6.92 Å². The molecule has 0 fully saturated rings. The summed E-state index contributed by atoms with van der Waals surface area (Å²) in [5.74, 6) is 0. The second-order valence-corrected chi connectivity index (χ2v) is 26.8. The van der Waals surface area contributed by atoms with Crippen molar-refractivity contribution in [3.63, 3.8) is 0 Å². The summed E-state index contributed by atoms with van der Waals surface area (Å²) in [6.45, 7) is 30.0. The van der Waals surface area contributed by atoms with Crippen LogP contribution in [0.5, 0.6) is 0 Å². The molecule has 0 saturated heterocycles. The van der Waals surface area contributed by atoms with Gasteiger partial charge in [0, 0.05) is 0 Å². The van der Waals surface area contributed by atoms with Crippen LogP contribution in [0.15, 0.2) is 41.3 Å². The number of nitrogens with one attached hydrogen (secondary N) is 1. The Labute approximate surface area is 237 Å². The second-order valence-electron chi connectivity index (χ2n) is 13.6. The monoisotopic (exact) mass is 579 g/mol. The van der Waals surface area contributed by atoms with Crippen molar-refractivity contribution < 1.29 is 12.8 Å². The van der Waals surface area contributed by atoms with E-state index in [4.69, 9.17) is 4.43 Å². The number of aryl methyl sites for hydroxylation is 1. The molecule has 1 aromatic carbocycles. The van der Waals surface area contributed by atoms with Gasteiger partial charge in [0.25, 0.3) is 0 Å². The van der Waals surface area contributed by atoms with E-state index in [2.05, 4.69) is 100.0 Å². The number of benzene rings is 1. The maximum absolute atomic E-state index is 13.9. The average Bonchev–Trinajstić information content (AvgIpc) is 2.78. The van der Waals surface area contributed by atoms with E-state index in [0.717, 1.165) is 12.0 Å². The predicted octanol–water partition coefficient (Wildman–Crippen LogP) is 9.21. The van der Waals surface area contributed by atoms with Crippen molar-refractivity contribution in [3.05, 3.63) is 42.0 Å². The van der Waals surface area contributed by atoms with E-state index < -0.39 is 26.4 Å². The Bertz CT molecular complexity index is 986. The van der Waals surface area contributed by atoms with Crippen LogP contribution < -0.4 is 4.72 Å². The Morgan fingerprint density at radius 1 is 0.763 bits per heavy atom. The minimum absolute atomic E-state index is 0.152. The van der Waals surface area contributed by atoms with Gasteiger partial charge >= 0.3 is 0 Å². The van der Waals surface area contributed by atoms with Gasteiger partial charge in [0.15, 0.2) is 0 Å². The van der Waals surface area contributed by atoms with E-state index in [9.17, 15) is 8.42 Å². The number of hydrogen-bond acceptors (Lipinski definition) is 3. The molecule has 218 valence electrons. The van der Waals surface area contributed by atoms with Crippen LogP contribution in [-0.2, 0) is 14.4 Å². The molecule has 0 radical (unpaired) electrons. The highest BCUT2D eigenvalue weighted by molar-refractivity contribution is 7.89. The van der Waals surface area contributed by atoms with Gasteiger partial charge in [0.05, 0.1) is 25.1 Å². The first-order valence-corrected chi connectivity index (χ1v) is 20.8. The van der Waals surface area contributed by atoms with E-state index in [1.165, 1.54) is 0 Å². The first-order valence-electron chi connectivity index (χ1n) is 14.9. The first kappa shape index (κ1) is 33.5. The summed E-state index contributed by atoms with van der Waals surface area (Å²) >= 11 is 0. The van der Waals surface area contributed by atoms with Crippen LogP contribution in [-0.4, -0.2) is 37.0 Å². The Kier molecular flexibility index (Phi) is 11.3. The summed E-state index contributed by atoms with van der Waals surface area (Å²) in [5, 5.41) is 0. The van der Waals surface area contributed by atoms with Crippen LogP contribution >= 0.6 is 0 Å². The maximum atomic E-state index is 13.9. The fourth-order valence-electron chi connectivity index (χ4n) is 8.39. The maximum Gasteiger partial charge on any atom is 0.240 e. The van der Waals surface area contributed by atoms with Crippen molar-refractivity contribution >= 4 is 26.4 Å². The fraction of sp³-hybridized carbons (Fsp3) is 0.742. The quantitative estimate of drug-likeness (QED) is 0.198. The number of hydrogen-bond donors (Lipinski definition) is 1. The molecule has 3 atom stereocenters. The third-order valence-electron chi connectivity index (χ3n) is 9.76. The third-order valence-corrected chi connectivity index (χ3v) is 25.1. The Hall–Kier alpha value is -0.736. The Morgan fingerprint density at radius 3 is 1.61 bits per heavy atom. The molecule has 38 heavy (non-hydrogen) atoms. The normalized spacial score (nSPS) is 21.6. The van der Waals surface area contributed by atoms with E-state index in [1.54, 1.807) is 12.1 Å². The van der Waals surface area contributed by atoms with E-state index >= 15 is 0 Å². The number of sulfonamides is 1. The third kappa shape index (κ3) is 6.27. The van der Waals surface area contributed by atoms with Crippen LogP contribution in [0.2, 0.25) is 38.8 Å². The molecule has 0 aromatic heterocycles. The molecule has 1 aromatic rings. The molecule has 0 bridgehead atoms. The van der Waals surface area contributed by atoms with Crippen LogP contribution in [0.25, 0.3) is 0 Å². The van der Waals surface area contributed by atoms with Crippen molar-refractivity contribution in [2.24, 2.45) is 0 Å². The minimum atomic E-state index is -3.72. The highest BCUT2D eigenvalue weighted by Crippen LogP contribution is 2.54. The smallest absolute Gasteiger partial charge is 0.240 e. The lowest BCUT2D eigenvalue weighted by atomic mass is 9.99. The summed E-state index contributed by atoms with van der Waals surface area (Å²) in [7, 11) is -8.04. The van der Waals surface area contributed by atoms with Crippen molar-refractivity contribution in [2.75, 3.05) is 0 Å². The molecule has 4 nitrogen and oxygen atoms in total. The molecular weight excluding hydrogens is 523 g/mol. The molecule has 0 amide bonds. The number of rotatable bonds is 12. The molecule has 0 unspecified atom stereocenters. The van der Waals surface area contributed by atoms with E-state index in [-0.39, 0.29) is 17.7 Å². The van der Waals surface area contributed by atoms with Gasteiger partial charge in [0.1, 0.15) is 0 Å². The molecule has 0 saturated carbocycles. The zero-order valence-corrected chi connectivity index (χ0v) is 29.3. The summed E-state index contributed by atoms with van der Waals surface area (Å²) in [6.07, 6.45) is 5.25. The topological polar surface area (TPSA) is 55.4 Å². The van der Waals surface area contributed by atoms with Crippen molar-refractivity contribution in [1.29, 1.82) is 0 Å². The molecule has 0 spiro atoms. The standard InChI is InChI=1S/C31H57NO3SSi2/c1-21(2)37(22(3)4,23(5)6)30-16-14-15-29(35-38(24(7)8,25(9)10)26(11)12)31(30)32-36(33,34)28-19-17-27(13)18-20-28/h14,16-26,29-32H,15H2,1-13H3/t29-,30-,31-/m0/s1. The van der Waals surface area contributed by atoms with Gasteiger partial charge in [-0.1, -0.05) is 130 Å². The van der Waals surface area contributed by atoms with Crippen molar-refractivity contribution in [3.8, 4) is 0 Å². The van der Waals surface area contributed by atoms with Crippen molar-refractivity contribution in [2.45, 2.75) is 152 Å². The lowest BCUT2D eigenvalue weighted by Gasteiger charge is -2.54. The average molecular weight is 580 g/mol. The van der Waals surface area contributed by atoms with Crippen LogP contribution in [0.4, 0.5) is 0 Å².